The normalized spacial score (nSPS) is 11.3. The molecule has 0 saturated heterocycles. The molecule has 0 spiro atoms. The Morgan fingerprint density at radius 3 is 2.67 bits per heavy atom. The van der Waals surface area contributed by atoms with Crippen molar-refractivity contribution in [2.24, 2.45) is 0 Å². The third-order valence-corrected chi connectivity index (χ3v) is 3.58. The highest BCUT2D eigenvalue weighted by molar-refractivity contribution is 7.09. The number of aryl methyl sites for hydroxylation is 1. The number of aromatic nitrogens is 3. The number of nitrogens with zero attached hydrogens (tertiary/aromatic N) is 3. The van der Waals surface area contributed by atoms with Crippen molar-refractivity contribution >= 4 is 23.1 Å². The van der Waals surface area contributed by atoms with E-state index >= 15 is 0 Å². The van der Waals surface area contributed by atoms with E-state index in [1.54, 1.807) is 11.3 Å². The zero-order valence-corrected chi connectivity index (χ0v) is 11.8. The number of hydrogen-bond acceptors (Lipinski definition) is 6. The van der Waals surface area contributed by atoms with Crippen molar-refractivity contribution in [2.45, 2.75) is 26.3 Å². The Kier molecular flexibility index (Phi) is 3.47. The van der Waals surface area contributed by atoms with Crippen molar-refractivity contribution in [3.63, 3.8) is 0 Å². The van der Waals surface area contributed by atoms with Crippen LogP contribution in [-0.2, 0) is 5.54 Å². The second-order valence-electron chi connectivity index (χ2n) is 4.56. The maximum Gasteiger partial charge on any atom is 0.224 e. The molecule has 0 fully saturated rings. The minimum absolute atomic E-state index is 0.250. The molecule has 0 radical (unpaired) electrons. The second kappa shape index (κ2) is 4.89. The lowest BCUT2D eigenvalue weighted by Gasteiger charge is -2.24. The highest BCUT2D eigenvalue weighted by Gasteiger charge is 2.23. The number of hydrogen-bond donors (Lipinski definition) is 2. The summed E-state index contributed by atoms with van der Waals surface area (Å²) in [6.07, 6.45) is 1.81. The summed E-state index contributed by atoms with van der Waals surface area (Å²) in [5.41, 5.74) is 0.673. The highest BCUT2D eigenvalue weighted by atomic mass is 32.1. The van der Waals surface area contributed by atoms with Gasteiger partial charge in [-0.25, -0.2) is 9.97 Å². The quantitative estimate of drug-likeness (QED) is 0.888. The molecule has 0 aliphatic rings. The molecule has 18 heavy (non-hydrogen) atoms. The summed E-state index contributed by atoms with van der Waals surface area (Å²) in [7, 11) is 1.81. The zero-order chi connectivity index (χ0) is 13.2. The fourth-order valence-corrected chi connectivity index (χ4v) is 2.37. The van der Waals surface area contributed by atoms with Crippen LogP contribution in [0.2, 0.25) is 0 Å². The minimum Gasteiger partial charge on any atom is -0.359 e. The van der Waals surface area contributed by atoms with E-state index in [4.69, 9.17) is 0 Å². The van der Waals surface area contributed by atoms with E-state index in [1.165, 1.54) is 0 Å². The molecule has 96 valence electrons. The van der Waals surface area contributed by atoms with Crippen LogP contribution < -0.4 is 10.6 Å². The van der Waals surface area contributed by atoms with E-state index in [1.807, 2.05) is 31.6 Å². The lowest BCUT2D eigenvalue weighted by Crippen LogP contribution is -2.28. The average molecular weight is 263 g/mol. The largest absolute Gasteiger partial charge is 0.359 e. The van der Waals surface area contributed by atoms with Gasteiger partial charge >= 0.3 is 0 Å². The molecule has 0 saturated carbocycles. The Hall–Kier alpha value is -1.69. The van der Waals surface area contributed by atoms with Gasteiger partial charge in [-0.15, -0.1) is 11.3 Å². The van der Waals surface area contributed by atoms with E-state index in [0.717, 1.165) is 16.5 Å². The molecule has 0 aliphatic carbocycles. The summed E-state index contributed by atoms with van der Waals surface area (Å²) in [4.78, 5) is 13.0. The van der Waals surface area contributed by atoms with Crippen LogP contribution in [0, 0.1) is 6.92 Å². The van der Waals surface area contributed by atoms with Crippen LogP contribution in [0.15, 0.2) is 17.6 Å². The van der Waals surface area contributed by atoms with Crippen LogP contribution in [0.5, 0.6) is 0 Å². The molecule has 0 amide bonds. The maximum atomic E-state index is 4.39. The monoisotopic (exact) mass is 263 g/mol. The van der Waals surface area contributed by atoms with Crippen LogP contribution in [0.3, 0.4) is 0 Å². The van der Waals surface area contributed by atoms with Crippen molar-refractivity contribution in [2.75, 3.05) is 17.7 Å². The molecule has 2 rings (SSSR count). The molecule has 2 N–H and O–H groups in total. The van der Waals surface area contributed by atoms with Crippen molar-refractivity contribution < 1.29 is 0 Å². The van der Waals surface area contributed by atoms with E-state index < -0.39 is 0 Å². The first-order chi connectivity index (χ1) is 8.51. The summed E-state index contributed by atoms with van der Waals surface area (Å²) in [6, 6.07) is 1.93. The van der Waals surface area contributed by atoms with Gasteiger partial charge < -0.3 is 10.6 Å². The Morgan fingerprint density at radius 2 is 2.06 bits per heavy atom. The van der Waals surface area contributed by atoms with Gasteiger partial charge in [0.15, 0.2) is 0 Å². The third kappa shape index (κ3) is 2.76. The Bertz CT molecular complexity index is 521. The third-order valence-electron chi connectivity index (χ3n) is 2.49. The van der Waals surface area contributed by atoms with Crippen molar-refractivity contribution in [3.8, 4) is 0 Å². The number of anilines is 2. The summed E-state index contributed by atoms with van der Waals surface area (Å²) >= 11 is 1.63. The van der Waals surface area contributed by atoms with Gasteiger partial charge in [0.05, 0.1) is 5.54 Å². The predicted octanol–water partition coefficient (Wildman–Crippen LogP) is 2.63. The Balaban J connectivity index is 2.26. The topological polar surface area (TPSA) is 62.7 Å². The smallest absolute Gasteiger partial charge is 0.224 e. The molecule has 2 aromatic heterocycles. The van der Waals surface area contributed by atoms with Crippen LogP contribution in [0.1, 0.15) is 24.5 Å². The van der Waals surface area contributed by atoms with E-state index in [0.29, 0.717) is 5.95 Å². The first-order valence-electron chi connectivity index (χ1n) is 5.73. The molecule has 0 unspecified atom stereocenters. The number of rotatable bonds is 4. The summed E-state index contributed by atoms with van der Waals surface area (Å²) in [6.45, 7) is 6.12. The average Bonchev–Trinajstić information content (AvgIpc) is 2.81. The maximum absolute atomic E-state index is 4.39. The SMILES string of the molecule is CNc1nc(C)cc(NC(C)(C)c2nccs2)n1. The molecule has 2 aromatic rings. The summed E-state index contributed by atoms with van der Waals surface area (Å²) in [5, 5.41) is 9.35. The van der Waals surface area contributed by atoms with Crippen molar-refractivity contribution in [1.82, 2.24) is 15.0 Å². The van der Waals surface area contributed by atoms with Crippen LogP contribution in [0.25, 0.3) is 0 Å². The molecule has 5 nitrogen and oxygen atoms in total. The van der Waals surface area contributed by atoms with Crippen LogP contribution >= 0.6 is 11.3 Å². The molecule has 2 heterocycles. The first-order valence-corrected chi connectivity index (χ1v) is 6.61. The minimum atomic E-state index is -0.250. The molecule has 0 atom stereocenters. The summed E-state index contributed by atoms with van der Waals surface area (Å²) < 4.78 is 0. The molecule has 6 heteroatoms. The van der Waals surface area contributed by atoms with Crippen molar-refractivity contribution in [1.29, 1.82) is 0 Å². The van der Waals surface area contributed by atoms with Gasteiger partial charge in [-0.2, -0.15) is 4.98 Å². The van der Waals surface area contributed by atoms with Gasteiger partial charge in [-0.1, -0.05) is 0 Å². The van der Waals surface area contributed by atoms with Crippen LogP contribution in [-0.4, -0.2) is 22.0 Å². The van der Waals surface area contributed by atoms with Gasteiger partial charge in [0.1, 0.15) is 10.8 Å². The fraction of sp³-hybridized carbons (Fsp3) is 0.417. The summed E-state index contributed by atoms with van der Waals surface area (Å²) in [5.74, 6) is 1.42. The van der Waals surface area contributed by atoms with Gasteiger partial charge in [0, 0.05) is 30.4 Å². The molecular formula is C12H17N5S. The first kappa shape index (κ1) is 12.8. The van der Waals surface area contributed by atoms with Gasteiger partial charge in [0.2, 0.25) is 5.95 Å². The van der Waals surface area contributed by atoms with Crippen LogP contribution in [0.4, 0.5) is 11.8 Å². The van der Waals surface area contributed by atoms with E-state index in [2.05, 4.69) is 39.4 Å². The lowest BCUT2D eigenvalue weighted by atomic mass is 10.1. The van der Waals surface area contributed by atoms with E-state index in [9.17, 15) is 0 Å². The van der Waals surface area contributed by atoms with Crippen molar-refractivity contribution in [3.05, 3.63) is 28.3 Å². The van der Waals surface area contributed by atoms with Gasteiger partial charge in [0.25, 0.3) is 0 Å². The molecule has 0 aromatic carbocycles. The zero-order valence-electron chi connectivity index (χ0n) is 11.0. The highest BCUT2D eigenvalue weighted by Crippen LogP contribution is 2.26. The standard InChI is InChI=1S/C12H17N5S/c1-8-7-9(16-11(13-4)15-8)17-12(2,3)10-14-5-6-18-10/h5-7H,1-4H3,(H2,13,15,16,17). The Labute approximate surface area is 111 Å². The lowest BCUT2D eigenvalue weighted by molar-refractivity contribution is 0.600. The van der Waals surface area contributed by atoms with Gasteiger partial charge in [-0.05, 0) is 20.8 Å². The predicted molar refractivity (Wildman–Crippen MR) is 75.1 cm³/mol. The second-order valence-corrected chi connectivity index (χ2v) is 5.45. The Morgan fingerprint density at radius 1 is 1.28 bits per heavy atom. The molecule has 0 bridgehead atoms. The van der Waals surface area contributed by atoms with E-state index in [-0.39, 0.29) is 5.54 Å². The number of thiazole rings is 1. The number of nitrogens with one attached hydrogen (secondary N) is 2. The van der Waals surface area contributed by atoms with Gasteiger partial charge in [-0.3, -0.25) is 0 Å². The fourth-order valence-electron chi connectivity index (χ4n) is 1.65. The molecule has 0 aliphatic heterocycles. The molecular weight excluding hydrogens is 246 g/mol.